The summed E-state index contributed by atoms with van der Waals surface area (Å²) in [7, 11) is 1.43. The van der Waals surface area contributed by atoms with Crippen LogP contribution in [0.25, 0.3) is 0 Å². The van der Waals surface area contributed by atoms with Crippen LogP contribution in [0.5, 0.6) is 0 Å². The van der Waals surface area contributed by atoms with E-state index in [4.69, 9.17) is 10.7 Å². The number of hydrogen-bond acceptors (Lipinski definition) is 4. The van der Waals surface area contributed by atoms with Gasteiger partial charge < -0.3 is 4.57 Å². The summed E-state index contributed by atoms with van der Waals surface area (Å²) in [6, 6.07) is 5.94. The predicted molar refractivity (Wildman–Crippen MR) is 77.1 cm³/mol. The zero-order chi connectivity index (χ0) is 15.6. The minimum absolute atomic E-state index is 0.199. The molecule has 0 N–H and O–H groups in total. The third kappa shape index (κ3) is 4.01. The minimum atomic E-state index is -3.96. The van der Waals surface area contributed by atoms with Crippen molar-refractivity contribution in [3.63, 3.8) is 0 Å². The maximum absolute atomic E-state index is 12.9. The van der Waals surface area contributed by atoms with Crippen molar-refractivity contribution in [2.45, 2.75) is 32.0 Å². The summed E-state index contributed by atoms with van der Waals surface area (Å²) in [5.41, 5.74) is 0.812. The molecule has 0 aliphatic heterocycles. The van der Waals surface area contributed by atoms with Gasteiger partial charge in [0, 0.05) is 23.6 Å². The van der Waals surface area contributed by atoms with E-state index in [-0.39, 0.29) is 16.9 Å². The van der Waals surface area contributed by atoms with Gasteiger partial charge >= 0.3 is 0 Å². The normalized spacial score (nSPS) is 12.0. The molecule has 0 spiro atoms. The molecular weight excluding hydrogens is 317 g/mol. The van der Waals surface area contributed by atoms with E-state index in [0.717, 1.165) is 5.56 Å². The number of rotatable bonds is 5. The fourth-order valence-corrected chi connectivity index (χ4v) is 2.89. The fourth-order valence-electron chi connectivity index (χ4n) is 1.96. The van der Waals surface area contributed by atoms with Gasteiger partial charge in [0.15, 0.2) is 0 Å². The molecule has 114 valence electrons. The van der Waals surface area contributed by atoms with Crippen molar-refractivity contribution >= 4 is 19.7 Å². The van der Waals surface area contributed by atoms with Crippen LogP contribution in [-0.2, 0) is 22.0 Å². The Morgan fingerprint density at radius 3 is 2.38 bits per heavy atom. The highest BCUT2D eigenvalue weighted by atomic mass is 35.7. The maximum atomic E-state index is 12.9. The smallest absolute Gasteiger partial charge is 0.296 e. The number of benzene rings is 1. The summed E-state index contributed by atoms with van der Waals surface area (Å²) in [6.45, 7) is 4.34. The van der Waals surface area contributed by atoms with Crippen molar-refractivity contribution in [3.05, 3.63) is 41.5 Å². The molecule has 8 heteroatoms. The molecule has 0 atom stereocenters. The van der Waals surface area contributed by atoms with E-state index in [0.29, 0.717) is 18.8 Å². The van der Waals surface area contributed by atoms with E-state index < -0.39 is 9.05 Å². The predicted octanol–water partition coefficient (Wildman–Crippen LogP) is 2.59. The molecule has 1 heterocycles. The lowest BCUT2D eigenvalue weighted by atomic mass is 10.1. The molecule has 0 amide bonds. The highest BCUT2D eigenvalue weighted by molar-refractivity contribution is 8.13. The minimum Gasteiger partial charge on any atom is -0.300 e. The Kier molecular flexibility index (Phi) is 4.63. The van der Waals surface area contributed by atoms with Crippen molar-refractivity contribution in [1.82, 2.24) is 14.8 Å². The van der Waals surface area contributed by atoms with Gasteiger partial charge in [-0.05, 0) is 23.6 Å². The van der Waals surface area contributed by atoms with Gasteiger partial charge in [-0.3, -0.25) is 0 Å². The first kappa shape index (κ1) is 15.9. The first-order valence-electron chi connectivity index (χ1n) is 6.38. The summed E-state index contributed by atoms with van der Waals surface area (Å²) in [5.74, 6) is 0.353. The first-order valence-corrected chi connectivity index (χ1v) is 8.69. The molecule has 0 aliphatic carbocycles. The van der Waals surface area contributed by atoms with Gasteiger partial charge in [-0.1, -0.05) is 26.0 Å². The highest BCUT2D eigenvalue weighted by Gasteiger charge is 2.23. The van der Waals surface area contributed by atoms with Gasteiger partial charge in [-0.15, -0.1) is 10.2 Å². The molecule has 1 aromatic carbocycles. The zero-order valence-electron chi connectivity index (χ0n) is 11.6. The largest absolute Gasteiger partial charge is 0.300 e. The maximum Gasteiger partial charge on any atom is 0.296 e. The highest BCUT2D eigenvalue weighted by Crippen LogP contribution is 2.18. The van der Waals surface area contributed by atoms with Crippen LogP contribution >= 0.6 is 10.7 Å². The molecular formula is C13H15ClFN3O2S. The lowest BCUT2D eigenvalue weighted by Gasteiger charge is -2.11. The van der Waals surface area contributed by atoms with Crippen LogP contribution in [0.3, 0.4) is 0 Å². The molecule has 0 bridgehead atoms. The summed E-state index contributed by atoms with van der Waals surface area (Å²) in [6.07, 6.45) is 0.354. The van der Waals surface area contributed by atoms with Gasteiger partial charge in [-0.25, -0.2) is 12.8 Å². The fraction of sp³-hybridized carbons (Fsp3) is 0.385. The van der Waals surface area contributed by atoms with E-state index in [2.05, 4.69) is 10.2 Å². The molecule has 0 aliphatic rings. The third-order valence-corrected chi connectivity index (χ3v) is 3.99. The van der Waals surface area contributed by atoms with Crippen LogP contribution in [0.2, 0.25) is 0 Å². The van der Waals surface area contributed by atoms with Gasteiger partial charge in [-0.2, -0.15) is 0 Å². The van der Waals surface area contributed by atoms with Crippen LogP contribution in [0, 0.1) is 11.7 Å². The monoisotopic (exact) mass is 331 g/mol. The van der Waals surface area contributed by atoms with Gasteiger partial charge in [0.25, 0.3) is 14.2 Å². The molecule has 0 saturated heterocycles. The number of halogens is 2. The summed E-state index contributed by atoms with van der Waals surface area (Å²) < 4.78 is 37.5. The number of hydrogen-bond donors (Lipinski definition) is 0. The average molecular weight is 332 g/mol. The average Bonchev–Trinajstić information content (AvgIpc) is 2.74. The van der Waals surface area contributed by atoms with Crippen LogP contribution in [-0.4, -0.2) is 23.2 Å². The SMILES string of the molecule is CC(C)Cn1c(Cc2ccc(F)cc2)nnc1S(=O)(=O)Cl. The van der Waals surface area contributed by atoms with Crippen LogP contribution < -0.4 is 0 Å². The molecule has 2 rings (SSSR count). The van der Waals surface area contributed by atoms with Crippen molar-refractivity contribution in [3.8, 4) is 0 Å². The van der Waals surface area contributed by atoms with Crippen LogP contribution in [0.4, 0.5) is 4.39 Å². The van der Waals surface area contributed by atoms with E-state index in [1.807, 2.05) is 13.8 Å². The summed E-state index contributed by atoms with van der Waals surface area (Å²) >= 11 is 0. The van der Waals surface area contributed by atoms with Crippen molar-refractivity contribution in [2.24, 2.45) is 5.92 Å². The van der Waals surface area contributed by atoms with E-state index in [1.165, 1.54) is 16.7 Å². The first-order chi connectivity index (χ1) is 9.77. The van der Waals surface area contributed by atoms with Crippen molar-refractivity contribution in [2.75, 3.05) is 0 Å². The second kappa shape index (κ2) is 6.11. The van der Waals surface area contributed by atoms with E-state index in [9.17, 15) is 12.8 Å². The second-order valence-electron chi connectivity index (χ2n) is 5.14. The van der Waals surface area contributed by atoms with Gasteiger partial charge in [0.2, 0.25) is 0 Å². The van der Waals surface area contributed by atoms with Gasteiger partial charge in [0.1, 0.15) is 11.6 Å². The summed E-state index contributed by atoms with van der Waals surface area (Å²) in [4.78, 5) is 0. The molecule has 0 unspecified atom stereocenters. The molecule has 0 radical (unpaired) electrons. The van der Waals surface area contributed by atoms with Crippen LogP contribution in [0.1, 0.15) is 25.2 Å². The van der Waals surface area contributed by atoms with Crippen molar-refractivity contribution < 1.29 is 12.8 Å². The van der Waals surface area contributed by atoms with Crippen molar-refractivity contribution in [1.29, 1.82) is 0 Å². The number of nitrogens with zero attached hydrogens (tertiary/aromatic N) is 3. The zero-order valence-corrected chi connectivity index (χ0v) is 13.2. The Hall–Kier alpha value is -1.47. The standard InChI is InChI=1S/C13H15ClFN3O2S/c1-9(2)8-18-12(16-17-13(18)21(14,19)20)7-10-3-5-11(15)6-4-10/h3-6,9H,7-8H2,1-2H3. The Labute approximate surface area is 127 Å². The second-order valence-corrected chi connectivity index (χ2v) is 7.60. The third-order valence-electron chi connectivity index (χ3n) is 2.83. The Morgan fingerprint density at radius 1 is 1.24 bits per heavy atom. The molecule has 2 aromatic rings. The quantitative estimate of drug-likeness (QED) is 0.790. The Bertz CT molecular complexity index is 726. The molecule has 0 saturated carbocycles. The Balaban J connectivity index is 2.39. The molecule has 21 heavy (non-hydrogen) atoms. The number of aromatic nitrogens is 3. The van der Waals surface area contributed by atoms with E-state index in [1.54, 1.807) is 12.1 Å². The molecule has 5 nitrogen and oxygen atoms in total. The molecule has 1 aromatic heterocycles. The van der Waals surface area contributed by atoms with Gasteiger partial charge in [0.05, 0.1) is 0 Å². The topological polar surface area (TPSA) is 64.8 Å². The lowest BCUT2D eigenvalue weighted by Crippen LogP contribution is -2.13. The van der Waals surface area contributed by atoms with Crippen LogP contribution in [0.15, 0.2) is 29.4 Å². The Morgan fingerprint density at radius 2 is 1.86 bits per heavy atom. The molecule has 0 fully saturated rings. The summed E-state index contributed by atoms with van der Waals surface area (Å²) in [5, 5.41) is 7.33. The lowest BCUT2D eigenvalue weighted by molar-refractivity contribution is 0.474. The van der Waals surface area contributed by atoms with E-state index >= 15 is 0 Å².